The molecule has 0 bridgehead atoms. The van der Waals surface area contributed by atoms with Gasteiger partial charge >= 0.3 is 0 Å². The molecule has 2 rings (SSSR count). The van der Waals surface area contributed by atoms with Crippen molar-refractivity contribution in [2.24, 2.45) is 5.73 Å². The second-order valence-corrected chi connectivity index (χ2v) is 5.42. The molecule has 0 amide bonds. The Bertz CT molecular complexity index is 566. The Kier molecular flexibility index (Phi) is 5.48. The summed E-state index contributed by atoms with van der Waals surface area (Å²) in [6, 6.07) is 12.8. The number of aromatic nitrogens is 1. The number of nitrogens with two attached hydrogens (primary N) is 1. The lowest BCUT2D eigenvalue weighted by atomic mass is 9.96. The van der Waals surface area contributed by atoms with Gasteiger partial charge in [-0.25, -0.2) is 0 Å². The highest BCUT2D eigenvalue weighted by Crippen LogP contribution is 2.26. The largest absolute Gasteiger partial charge is 0.329 e. The van der Waals surface area contributed by atoms with Crippen LogP contribution in [0.3, 0.4) is 0 Å². The Morgan fingerprint density at radius 2 is 1.95 bits per heavy atom. The van der Waals surface area contributed by atoms with Crippen molar-refractivity contribution in [2.75, 3.05) is 13.1 Å². The van der Waals surface area contributed by atoms with Gasteiger partial charge in [0.05, 0.1) is 5.69 Å². The lowest BCUT2D eigenvalue weighted by molar-refractivity contribution is 0.200. The van der Waals surface area contributed by atoms with Crippen molar-refractivity contribution >= 4 is 0 Å². The summed E-state index contributed by atoms with van der Waals surface area (Å²) < 4.78 is 0. The summed E-state index contributed by atoms with van der Waals surface area (Å²) in [5.74, 6) is 0. The van der Waals surface area contributed by atoms with Crippen molar-refractivity contribution in [1.82, 2.24) is 9.88 Å². The molecule has 0 saturated carbocycles. The third kappa shape index (κ3) is 3.69. The maximum absolute atomic E-state index is 6.09. The van der Waals surface area contributed by atoms with E-state index in [0.717, 1.165) is 18.8 Å². The average Bonchev–Trinajstić information content (AvgIpc) is 2.52. The molecule has 0 fully saturated rings. The van der Waals surface area contributed by atoms with Gasteiger partial charge in [0, 0.05) is 25.3 Å². The zero-order chi connectivity index (χ0) is 15.2. The van der Waals surface area contributed by atoms with E-state index in [9.17, 15) is 0 Å². The molecule has 2 aromatic rings. The normalized spacial score (nSPS) is 12.6. The number of hydrogen-bond donors (Lipinski definition) is 1. The first-order chi connectivity index (χ1) is 10.2. The monoisotopic (exact) mass is 283 g/mol. The smallest absolute Gasteiger partial charge is 0.0544 e. The zero-order valence-electron chi connectivity index (χ0n) is 13.2. The molecule has 0 saturated heterocycles. The third-order valence-electron chi connectivity index (χ3n) is 4.17. The first kappa shape index (κ1) is 15.7. The average molecular weight is 283 g/mol. The number of aryl methyl sites for hydroxylation is 1. The summed E-state index contributed by atoms with van der Waals surface area (Å²) in [5, 5.41) is 0. The summed E-state index contributed by atoms with van der Waals surface area (Å²) in [4.78, 5) is 6.83. The van der Waals surface area contributed by atoms with Crippen molar-refractivity contribution < 1.29 is 0 Å². The molecule has 2 N–H and O–H groups in total. The van der Waals surface area contributed by atoms with Crippen LogP contribution in [-0.4, -0.2) is 23.0 Å². The predicted octanol–water partition coefficient (Wildman–Crippen LogP) is 3.22. The number of rotatable bonds is 6. The van der Waals surface area contributed by atoms with E-state index in [-0.39, 0.29) is 6.04 Å². The molecular formula is C18H25N3. The van der Waals surface area contributed by atoms with E-state index in [2.05, 4.69) is 54.9 Å². The van der Waals surface area contributed by atoms with Crippen LogP contribution in [0.4, 0.5) is 0 Å². The van der Waals surface area contributed by atoms with Crippen LogP contribution in [0.25, 0.3) is 0 Å². The molecule has 1 atom stereocenters. The summed E-state index contributed by atoms with van der Waals surface area (Å²) in [6.45, 7) is 8.91. The van der Waals surface area contributed by atoms with Crippen LogP contribution in [0.5, 0.6) is 0 Å². The number of benzene rings is 1. The molecular weight excluding hydrogens is 258 g/mol. The predicted molar refractivity (Wildman–Crippen MR) is 88.0 cm³/mol. The number of likely N-dealkylation sites (N-methyl/N-ethyl adjacent to an activating group) is 1. The number of hydrogen-bond acceptors (Lipinski definition) is 3. The van der Waals surface area contributed by atoms with Gasteiger partial charge in [0.25, 0.3) is 0 Å². The Morgan fingerprint density at radius 3 is 2.57 bits per heavy atom. The van der Waals surface area contributed by atoms with E-state index in [1.165, 1.54) is 16.7 Å². The second kappa shape index (κ2) is 7.34. The Morgan fingerprint density at radius 1 is 1.14 bits per heavy atom. The van der Waals surface area contributed by atoms with Crippen molar-refractivity contribution in [1.29, 1.82) is 0 Å². The summed E-state index contributed by atoms with van der Waals surface area (Å²) in [6.07, 6.45) is 1.85. The van der Waals surface area contributed by atoms with Crippen LogP contribution in [-0.2, 0) is 6.54 Å². The van der Waals surface area contributed by atoms with Gasteiger partial charge in [-0.2, -0.15) is 0 Å². The van der Waals surface area contributed by atoms with Crippen LogP contribution in [0.2, 0.25) is 0 Å². The molecule has 0 spiro atoms. The molecule has 3 heteroatoms. The minimum atomic E-state index is 0.233. The molecule has 21 heavy (non-hydrogen) atoms. The van der Waals surface area contributed by atoms with Crippen LogP contribution < -0.4 is 5.73 Å². The third-order valence-corrected chi connectivity index (χ3v) is 4.17. The molecule has 3 nitrogen and oxygen atoms in total. The van der Waals surface area contributed by atoms with Crippen LogP contribution in [0.15, 0.2) is 42.6 Å². The van der Waals surface area contributed by atoms with Crippen molar-refractivity contribution in [3.63, 3.8) is 0 Å². The standard InChI is InChI=1S/C18H25N3/c1-4-21(13-16-9-5-6-11-20-16)18(12-19)17-10-7-8-14(2)15(17)3/h5-11,18H,4,12-13,19H2,1-3H3. The summed E-state index contributed by atoms with van der Waals surface area (Å²) >= 11 is 0. The molecule has 1 aromatic carbocycles. The second-order valence-electron chi connectivity index (χ2n) is 5.42. The molecule has 1 unspecified atom stereocenters. The molecule has 0 aliphatic rings. The fraction of sp³-hybridized carbons (Fsp3) is 0.389. The highest BCUT2D eigenvalue weighted by atomic mass is 15.2. The van der Waals surface area contributed by atoms with Crippen molar-refractivity contribution in [3.8, 4) is 0 Å². The summed E-state index contributed by atoms with van der Waals surface area (Å²) in [7, 11) is 0. The van der Waals surface area contributed by atoms with Crippen LogP contribution in [0, 0.1) is 13.8 Å². The molecule has 1 aromatic heterocycles. The minimum absolute atomic E-state index is 0.233. The van der Waals surface area contributed by atoms with E-state index in [1.54, 1.807) is 0 Å². The van der Waals surface area contributed by atoms with Gasteiger partial charge in [-0.3, -0.25) is 9.88 Å². The van der Waals surface area contributed by atoms with Gasteiger partial charge in [-0.15, -0.1) is 0 Å². The molecule has 0 radical (unpaired) electrons. The van der Waals surface area contributed by atoms with E-state index < -0.39 is 0 Å². The van der Waals surface area contributed by atoms with Crippen molar-refractivity contribution in [2.45, 2.75) is 33.4 Å². The van der Waals surface area contributed by atoms with E-state index in [1.807, 2.05) is 18.3 Å². The van der Waals surface area contributed by atoms with Gasteiger partial charge in [-0.05, 0) is 49.2 Å². The quantitative estimate of drug-likeness (QED) is 0.885. The lowest BCUT2D eigenvalue weighted by Crippen LogP contribution is -2.34. The highest BCUT2D eigenvalue weighted by molar-refractivity contribution is 5.35. The maximum Gasteiger partial charge on any atom is 0.0544 e. The van der Waals surface area contributed by atoms with Gasteiger partial charge < -0.3 is 5.73 Å². The van der Waals surface area contributed by atoms with E-state index in [4.69, 9.17) is 5.73 Å². The van der Waals surface area contributed by atoms with Gasteiger partial charge in [0.1, 0.15) is 0 Å². The fourth-order valence-corrected chi connectivity index (χ4v) is 2.75. The SMILES string of the molecule is CCN(Cc1ccccn1)C(CN)c1cccc(C)c1C. The molecule has 112 valence electrons. The Balaban J connectivity index is 2.27. The van der Waals surface area contributed by atoms with Gasteiger partial charge in [0.2, 0.25) is 0 Å². The van der Waals surface area contributed by atoms with Crippen LogP contribution >= 0.6 is 0 Å². The van der Waals surface area contributed by atoms with E-state index >= 15 is 0 Å². The zero-order valence-corrected chi connectivity index (χ0v) is 13.2. The Hall–Kier alpha value is -1.71. The lowest BCUT2D eigenvalue weighted by Gasteiger charge is -2.31. The number of pyridine rings is 1. The molecule has 0 aliphatic heterocycles. The highest BCUT2D eigenvalue weighted by Gasteiger charge is 2.20. The first-order valence-corrected chi connectivity index (χ1v) is 7.57. The van der Waals surface area contributed by atoms with Gasteiger partial charge in [-0.1, -0.05) is 31.2 Å². The maximum atomic E-state index is 6.09. The summed E-state index contributed by atoms with van der Waals surface area (Å²) in [5.41, 5.74) is 11.2. The minimum Gasteiger partial charge on any atom is -0.329 e. The molecule has 0 aliphatic carbocycles. The topological polar surface area (TPSA) is 42.2 Å². The van der Waals surface area contributed by atoms with Crippen LogP contribution in [0.1, 0.15) is 35.3 Å². The number of nitrogens with zero attached hydrogens (tertiary/aromatic N) is 2. The van der Waals surface area contributed by atoms with Crippen molar-refractivity contribution in [3.05, 3.63) is 65.0 Å². The molecule has 1 heterocycles. The van der Waals surface area contributed by atoms with E-state index in [0.29, 0.717) is 6.54 Å². The fourth-order valence-electron chi connectivity index (χ4n) is 2.75. The first-order valence-electron chi connectivity index (χ1n) is 7.57. The van der Waals surface area contributed by atoms with Gasteiger partial charge in [0.15, 0.2) is 0 Å². The Labute approximate surface area is 127 Å².